The molecule has 0 aromatic rings. The van der Waals surface area contributed by atoms with Gasteiger partial charge in [0.25, 0.3) is 10.2 Å². The molecule has 3 aliphatic rings. The lowest BCUT2D eigenvalue weighted by atomic mass is 10.3. The van der Waals surface area contributed by atoms with Crippen molar-refractivity contribution in [1.29, 1.82) is 0 Å². The van der Waals surface area contributed by atoms with E-state index in [4.69, 9.17) is 4.74 Å². The first kappa shape index (κ1) is 12.8. The Labute approximate surface area is 107 Å². The van der Waals surface area contributed by atoms with E-state index in [2.05, 4.69) is 0 Å². The van der Waals surface area contributed by atoms with E-state index in [9.17, 15) is 16.8 Å². The monoisotopic (exact) mass is 296 g/mol. The highest BCUT2D eigenvalue weighted by Gasteiger charge is 2.53. The van der Waals surface area contributed by atoms with Crippen molar-refractivity contribution in [3.63, 3.8) is 0 Å². The Bertz CT molecular complexity index is 537. The van der Waals surface area contributed by atoms with Gasteiger partial charge >= 0.3 is 0 Å². The number of nitrogens with zero attached hydrogens (tertiary/aromatic N) is 2. The lowest BCUT2D eigenvalue weighted by molar-refractivity contribution is 0.0700. The van der Waals surface area contributed by atoms with E-state index in [-0.39, 0.29) is 18.3 Å². The zero-order chi connectivity index (χ0) is 13.0. The van der Waals surface area contributed by atoms with Crippen LogP contribution >= 0.6 is 0 Å². The molecule has 3 saturated heterocycles. The molecule has 0 aromatic carbocycles. The van der Waals surface area contributed by atoms with E-state index in [0.717, 1.165) is 0 Å². The summed E-state index contributed by atoms with van der Waals surface area (Å²) in [5.74, 6) is -0.0266. The van der Waals surface area contributed by atoms with E-state index in [1.54, 1.807) is 0 Å². The molecule has 2 atom stereocenters. The Morgan fingerprint density at radius 1 is 1.17 bits per heavy atom. The molecule has 3 heterocycles. The first-order valence-corrected chi connectivity index (χ1v) is 9.09. The van der Waals surface area contributed by atoms with Crippen molar-refractivity contribution < 1.29 is 21.6 Å². The maximum atomic E-state index is 12.4. The van der Waals surface area contributed by atoms with Crippen LogP contribution in [0.3, 0.4) is 0 Å². The molecule has 3 aliphatic heterocycles. The predicted octanol–water partition coefficient (Wildman–Crippen LogP) is -1.57. The Morgan fingerprint density at radius 2 is 1.83 bits per heavy atom. The van der Waals surface area contributed by atoms with Gasteiger partial charge in [0.1, 0.15) is 0 Å². The fourth-order valence-corrected chi connectivity index (χ4v) is 6.90. The Balaban J connectivity index is 1.80. The van der Waals surface area contributed by atoms with Gasteiger partial charge in [-0.3, -0.25) is 0 Å². The summed E-state index contributed by atoms with van der Waals surface area (Å²) in [6.45, 7) is 1.62. The Morgan fingerprint density at radius 3 is 2.33 bits per heavy atom. The van der Waals surface area contributed by atoms with Crippen LogP contribution in [0.25, 0.3) is 0 Å². The largest absolute Gasteiger partial charge is 0.379 e. The van der Waals surface area contributed by atoms with Gasteiger partial charge in [-0.15, -0.1) is 0 Å². The molecule has 3 rings (SSSR count). The highest BCUT2D eigenvalue weighted by Crippen LogP contribution is 2.35. The van der Waals surface area contributed by atoms with Crippen molar-refractivity contribution in [2.45, 2.75) is 17.7 Å². The maximum absolute atomic E-state index is 12.4. The SMILES string of the molecule is O=S1(=O)C[C@H]2C[C@H]1CN2S(=O)(=O)N1CCOCC1. The second kappa shape index (κ2) is 4.14. The topological polar surface area (TPSA) is 84.0 Å². The molecule has 0 spiro atoms. The van der Waals surface area contributed by atoms with Crippen LogP contribution in [0.4, 0.5) is 0 Å². The molecule has 0 unspecified atom stereocenters. The lowest BCUT2D eigenvalue weighted by Crippen LogP contribution is -2.53. The predicted molar refractivity (Wildman–Crippen MR) is 64.0 cm³/mol. The summed E-state index contributed by atoms with van der Waals surface area (Å²) in [4.78, 5) is 0. The van der Waals surface area contributed by atoms with E-state index in [0.29, 0.717) is 32.7 Å². The summed E-state index contributed by atoms with van der Waals surface area (Å²) < 4.78 is 55.9. The quantitative estimate of drug-likeness (QED) is 0.615. The third-order valence-electron chi connectivity index (χ3n) is 3.85. The Hall–Kier alpha value is -0.220. The number of ether oxygens (including phenoxy) is 1. The minimum atomic E-state index is -3.52. The molecule has 0 aromatic heterocycles. The molecule has 9 heteroatoms. The standard InChI is InChI=1S/C9H16N2O5S2/c12-17(13)7-8-5-9(17)6-11(8)18(14,15)10-1-3-16-4-2-10/h8-9H,1-7H2/t8-,9+/m1/s1. The van der Waals surface area contributed by atoms with Crippen molar-refractivity contribution in [2.24, 2.45) is 0 Å². The second-order valence-corrected chi connectivity index (χ2v) is 9.14. The van der Waals surface area contributed by atoms with Crippen LogP contribution in [-0.4, -0.2) is 75.3 Å². The van der Waals surface area contributed by atoms with E-state index < -0.39 is 25.3 Å². The zero-order valence-electron chi connectivity index (χ0n) is 9.86. The van der Waals surface area contributed by atoms with Gasteiger partial charge in [0, 0.05) is 25.7 Å². The highest BCUT2D eigenvalue weighted by molar-refractivity contribution is 7.92. The van der Waals surface area contributed by atoms with E-state index in [1.165, 1.54) is 8.61 Å². The van der Waals surface area contributed by atoms with Crippen molar-refractivity contribution >= 4 is 20.0 Å². The average Bonchev–Trinajstić information content (AvgIpc) is 2.86. The molecule has 104 valence electrons. The maximum Gasteiger partial charge on any atom is 0.282 e. The second-order valence-electron chi connectivity index (χ2n) is 4.93. The van der Waals surface area contributed by atoms with E-state index >= 15 is 0 Å². The number of hydrogen-bond acceptors (Lipinski definition) is 5. The Kier molecular flexibility index (Phi) is 2.94. The molecule has 7 nitrogen and oxygen atoms in total. The van der Waals surface area contributed by atoms with Gasteiger partial charge in [-0.2, -0.15) is 17.0 Å². The molecule has 0 amide bonds. The lowest BCUT2D eigenvalue weighted by Gasteiger charge is -2.33. The highest BCUT2D eigenvalue weighted by atomic mass is 32.2. The van der Waals surface area contributed by atoms with Gasteiger partial charge in [-0.1, -0.05) is 0 Å². The molecular formula is C9H16N2O5S2. The molecule has 3 fully saturated rings. The van der Waals surface area contributed by atoms with Crippen LogP contribution in [-0.2, 0) is 24.8 Å². The van der Waals surface area contributed by atoms with Gasteiger partial charge in [0.15, 0.2) is 9.84 Å². The van der Waals surface area contributed by atoms with Crippen LogP contribution in [0.5, 0.6) is 0 Å². The number of hydrogen-bond donors (Lipinski definition) is 0. The van der Waals surface area contributed by atoms with Crippen molar-refractivity contribution in [1.82, 2.24) is 8.61 Å². The number of rotatable bonds is 2. The third kappa shape index (κ3) is 1.88. The third-order valence-corrected chi connectivity index (χ3v) is 8.12. The summed E-state index contributed by atoms with van der Waals surface area (Å²) in [6.07, 6.45) is 0.450. The fourth-order valence-electron chi connectivity index (χ4n) is 2.87. The van der Waals surface area contributed by atoms with Crippen molar-refractivity contribution in [2.75, 3.05) is 38.6 Å². The normalized spacial score (nSPS) is 37.1. The molecule has 0 N–H and O–H groups in total. The van der Waals surface area contributed by atoms with Crippen LogP contribution in [0, 0.1) is 0 Å². The smallest absolute Gasteiger partial charge is 0.282 e. The minimum Gasteiger partial charge on any atom is -0.379 e. The minimum absolute atomic E-state index is 0.0266. The van der Waals surface area contributed by atoms with Crippen molar-refractivity contribution in [3.8, 4) is 0 Å². The molecule has 0 aliphatic carbocycles. The van der Waals surface area contributed by atoms with Gasteiger partial charge < -0.3 is 4.74 Å². The van der Waals surface area contributed by atoms with Crippen LogP contribution in [0.1, 0.15) is 6.42 Å². The molecule has 0 saturated carbocycles. The summed E-state index contributed by atoms with van der Waals surface area (Å²) in [5, 5.41) is -0.502. The number of sulfone groups is 1. The van der Waals surface area contributed by atoms with Crippen LogP contribution in [0.15, 0.2) is 0 Å². The summed E-state index contributed by atoms with van der Waals surface area (Å²) >= 11 is 0. The summed E-state index contributed by atoms with van der Waals surface area (Å²) in [5.41, 5.74) is 0. The first-order valence-electron chi connectivity index (χ1n) is 5.97. The first-order chi connectivity index (χ1) is 8.41. The molecule has 2 bridgehead atoms. The molecule has 18 heavy (non-hydrogen) atoms. The van der Waals surface area contributed by atoms with Crippen LogP contribution < -0.4 is 0 Å². The van der Waals surface area contributed by atoms with Crippen molar-refractivity contribution in [3.05, 3.63) is 0 Å². The van der Waals surface area contributed by atoms with E-state index in [1.807, 2.05) is 0 Å². The molecule has 0 radical (unpaired) electrons. The van der Waals surface area contributed by atoms with Crippen LogP contribution in [0.2, 0.25) is 0 Å². The summed E-state index contributed by atoms with van der Waals surface area (Å²) in [7, 11) is -6.58. The van der Waals surface area contributed by atoms with Gasteiger partial charge in [-0.25, -0.2) is 8.42 Å². The van der Waals surface area contributed by atoms with Gasteiger partial charge in [0.05, 0.1) is 24.2 Å². The number of fused-ring (bicyclic) bond motifs is 2. The van der Waals surface area contributed by atoms with Gasteiger partial charge in [0.2, 0.25) is 0 Å². The fraction of sp³-hybridized carbons (Fsp3) is 1.00. The number of morpholine rings is 1. The average molecular weight is 296 g/mol. The molecular weight excluding hydrogens is 280 g/mol. The van der Waals surface area contributed by atoms with Gasteiger partial charge in [-0.05, 0) is 6.42 Å². The summed E-state index contributed by atoms with van der Waals surface area (Å²) in [6, 6.07) is -0.368. The zero-order valence-corrected chi connectivity index (χ0v) is 11.5.